The Bertz CT molecular complexity index is 967. The number of carbonyl (C=O) groups is 1. The Hall–Kier alpha value is -3.51. The zero-order valence-electron chi connectivity index (χ0n) is 17.8. The normalized spacial score (nSPS) is 14.2. The van der Waals surface area contributed by atoms with E-state index < -0.39 is 0 Å². The van der Waals surface area contributed by atoms with Crippen molar-refractivity contribution in [2.75, 3.05) is 48.8 Å². The van der Waals surface area contributed by atoms with Crippen LogP contribution in [0, 0.1) is 0 Å². The number of ether oxygens (including phenoxy) is 1. The number of para-hydroxylation sites is 1. The lowest BCUT2D eigenvalue weighted by Gasteiger charge is -2.36. The van der Waals surface area contributed by atoms with Gasteiger partial charge in [0.25, 0.3) is 0 Å². The topological polar surface area (TPSA) is 56.8 Å². The molecule has 1 heterocycles. The number of nitrogens with one attached hydrogen (secondary N) is 2. The highest BCUT2D eigenvalue weighted by Gasteiger charge is 2.17. The molecule has 1 aliphatic rings. The maximum absolute atomic E-state index is 12.2. The number of methoxy groups -OCH3 is 1. The molecule has 2 N–H and O–H groups in total. The maximum Gasteiger partial charge on any atom is 0.323 e. The average molecular weight is 417 g/mol. The molecular weight excluding hydrogens is 388 g/mol. The lowest BCUT2D eigenvalue weighted by molar-refractivity contribution is 0.250. The fourth-order valence-corrected chi connectivity index (χ4v) is 3.72. The van der Waals surface area contributed by atoms with Crippen molar-refractivity contribution in [1.29, 1.82) is 0 Å². The number of piperazine rings is 1. The number of urea groups is 1. The Morgan fingerprint density at radius 1 is 0.806 bits per heavy atom. The van der Waals surface area contributed by atoms with E-state index in [-0.39, 0.29) is 6.03 Å². The number of amides is 2. The van der Waals surface area contributed by atoms with Crippen molar-refractivity contribution in [2.45, 2.75) is 6.54 Å². The van der Waals surface area contributed by atoms with E-state index in [4.69, 9.17) is 4.74 Å². The Balaban J connectivity index is 1.24. The van der Waals surface area contributed by atoms with Gasteiger partial charge < -0.3 is 20.3 Å². The summed E-state index contributed by atoms with van der Waals surface area (Å²) in [7, 11) is 1.61. The van der Waals surface area contributed by atoms with Crippen molar-refractivity contribution in [3.05, 3.63) is 84.4 Å². The van der Waals surface area contributed by atoms with Crippen LogP contribution in [0.3, 0.4) is 0 Å². The molecule has 2 amide bonds. The molecule has 0 aliphatic carbocycles. The molecule has 0 radical (unpaired) electrons. The quantitative estimate of drug-likeness (QED) is 0.614. The van der Waals surface area contributed by atoms with Crippen molar-refractivity contribution < 1.29 is 9.53 Å². The van der Waals surface area contributed by atoms with Gasteiger partial charge in [-0.2, -0.15) is 0 Å². The smallest absolute Gasteiger partial charge is 0.323 e. The van der Waals surface area contributed by atoms with Crippen LogP contribution < -0.4 is 20.3 Å². The lowest BCUT2D eigenvalue weighted by atomic mass is 10.1. The fourth-order valence-electron chi connectivity index (χ4n) is 3.72. The molecule has 0 saturated carbocycles. The monoisotopic (exact) mass is 416 g/mol. The van der Waals surface area contributed by atoms with Gasteiger partial charge in [0.05, 0.1) is 7.11 Å². The average Bonchev–Trinajstić information content (AvgIpc) is 2.82. The molecule has 1 aliphatic heterocycles. The first-order chi connectivity index (χ1) is 15.2. The van der Waals surface area contributed by atoms with Crippen molar-refractivity contribution in [2.24, 2.45) is 0 Å². The number of hydrogen-bond donors (Lipinski definition) is 2. The van der Waals surface area contributed by atoms with Gasteiger partial charge in [0, 0.05) is 49.8 Å². The predicted octanol–water partition coefficient (Wildman–Crippen LogP) is 4.66. The van der Waals surface area contributed by atoms with E-state index in [2.05, 4.69) is 62.9 Å². The van der Waals surface area contributed by atoms with Crippen molar-refractivity contribution in [1.82, 2.24) is 4.90 Å². The number of benzene rings is 3. The van der Waals surface area contributed by atoms with Crippen molar-refractivity contribution in [3.8, 4) is 5.75 Å². The molecule has 3 aromatic rings. The van der Waals surface area contributed by atoms with E-state index in [1.807, 2.05) is 24.3 Å². The van der Waals surface area contributed by atoms with E-state index in [9.17, 15) is 4.79 Å². The van der Waals surface area contributed by atoms with Gasteiger partial charge >= 0.3 is 6.03 Å². The summed E-state index contributed by atoms with van der Waals surface area (Å²) in [4.78, 5) is 17.1. The van der Waals surface area contributed by atoms with E-state index in [1.54, 1.807) is 19.2 Å². The van der Waals surface area contributed by atoms with E-state index in [1.165, 1.54) is 11.3 Å². The number of anilines is 3. The number of hydrogen-bond acceptors (Lipinski definition) is 4. The molecule has 0 atom stereocenters. The van der Waals surface area contributed by atoms with Gasteiger partial charge in [0.1, 0.15) is 5.75 Å². The summed E-state index contributed by atoms with van der Waals surface area (Å²) >= 11 is 0. The molecule has 0 spiro atoms. The Labute approximate surface area is 183 Å². The minimum atomic E-state index is -0.269. The highest BCUT2D eigenvalue weighted by atomic mass is 16.5. The van der Waals surface area contributed by atoms with Crippen molar-refractivity contribution in [3.63, 3.8) is 0 Å². The second-order valence-corrected chi connectivity index (χ2v) is 7.60. The second-order valence-electron chi connectivity index (χ2n) is 7.60. The zero-order chi connectivity index (χ0) is 21.5. The van der Waals surface area contributed by atoms with Gasteiger partial charge in [-0.15, -0.1) is 0 Å². The minimum Gasteiger partial charge on any atom is -0.497 e. The van der Waals surface area contributed by atoms with Gasteiger partial charge in [0.15, 0.2) is 0 Å². The molecule has 0 aromatic heterocycles. The summed E-state index contributed by atoms with van der Waals surface area (Å²) in [6.07, 6.45) is 0. The molecule has 0 bridgehead atoms. The van der Waals surface area contributed by atoms with Gasteiger partial charge in [0.2, 0.25) is 0 Å². The largest absolute Gasteiger partial charge is 0.497 e. The van der Waals surface area contributed by atoms with Crippen LogP contribution in [0.25, 0.3) is 0 Å². The van der Waals surface area contributed by atoms with Crippen LogP contribution in [0.1, 0.15) is 5.56 Å². The standard InChI is InChI=1S/C25H28N4O2/c1-31-24-13-11-22(12-14-24)27-25(30)26-21-9-7-20(8-10-21)19-28-15-17-29(18-16-28)23-5-3-2-4-6-23/h2-14H,15-19H2,1H3,(H2,26,27,30). The maximum atomic E-state index is 12.2. The third-order valence-electron chi connectivity index (χ3n) is 5.46. The molecule has 0 unspecified atom stereocenters. The summed E-state index contributed by atoms with van der Waals surface area (Å²) in [5.41, 5.74) is 4.02. The van der Waals surface area contributed by atoms with E-state index in [0.29, 0.717) is 5.69 Å². The number of nitrogens with zero attached hydrogens (tertiary/aromatic N) is 2. The third kappa shape index (κ3) is 5.77. The van der Waals surface area contributed by atoms with Crippen molar-refractivity contribution >= 4 is 23.1 Å². The van der Waals surface area contributed by atoms with E-state index >= 15 is 0 Å². The summed E-state index contributed by atoms with van der Waals surface area (Å²) in [5.74, 6) is 0.753. The van der Waals surface area contributed by atoms with Crippen LogP contribution in [-0.2, 0) is 6.54 Å². The Kier molecular flexibility index (Phi) is 6.69. The fraction of sp³-hybridized carbons (Fsp3) is 0.240. The Morgan fingerprint density at radius 3 is 1.97 bits per heavy atom. The number of carbonyl (C=O) groups excluding carboxylic acids is 1. The second kappa shape index (κ2) is 10.00. The minimum absolute atomic E-state index is 0.269. The molecule has 1 fully saturated rings. The molecule has 31 heavy (non-hydrogen) atoms. The van der Waals surface area contributed by atoms with Crippen LogP contribution in [0.15, 0.2) is 78.9 Å². The molecule has 3 aromatic carbocycles. The van der Waals surface area contributed by atoms with Crippen LogP contribution in [0.2, 0.25) is 0 Å². The van der Waals surface area contributed by atoms with Crippen LogP contribution in [-0.4, -0.2) is 44.2 Å². The summed E-state index contributed by atoms with van der Waals surface area (Å²) in [6, 6.07) is 25.6. The van der Waals surface area contributed by atoms with E-state index in [0.717, 1.165) is 44.2 Å². The van der Waals surface area contributed by atoms with Crippen LogP contribution in [0.4, 0.5) is 21.9 Å². The zero-order valence-corrected chi connectivity index (χ0v) is 17.8. The molecular formula is C25H28N4O2. The predicted molar refractivity (Wildman–Crippen MR) is 126 cm³/mol. The summed E-state index contributed by atoms with van der Waals surface area (Å²) in [5, 5.41) is 5.69. The molecule has 160 valence electrons. The van der Waals surface area contributed by atoms with Gasteiger partial charge in [-0.3, -0.25) is 4.90 Å². The Morgan fingerprint density at radius 2 is 1.39 bits per heavy atom. The summed E-state index contributed by atoms with van der Waals surface area (Å²) < 4.78 is 5.13. The third-order valence-corrected chi connectivity index (χ3v) is 5.46. The van der Waals surface area contributed by atoms with Gasteiger partial charge in [-0.1, -0.05) is 30.3 Å². The van der Waals surface area contributed by atoms with Crippen LogP contribution in [0.5, 0.6) is 5.75 Å². The molecule has 1 saturated heterocycles. The molecule has 6 heteroatoms. The lowest BCUT2D eigenvalue weighted by Crippen LogP contribution is -2.45. The first kappa shape index (κ1) is 20.8. The molecule has 4 rings (SSSR count). The molecule has 6 nitrogen and oxygen atoms in total. The first-order valence-electron chi connectivity index (χ1n) is 10.5. The highest BCUT2D eigenvalue weighted by molar-refractivity contribution is 5.99. The summed E-state index contributed by atoms with van der Waals surface area (Å²) in [6.45, 7) is 5.07. The highest BCUT2D eigenvalue weighted by Crippen LogP contribution is 2.18. The van der Waals surface area contributed by atoms with Gasteiger partial charge in [-0.05, 0) is 54.1 Å². The van der Waals surface area contributed by atoms with Gasteiger partial charge in [-0.25, -0.2) is 4.79 Å². The SMILES string of the molecule is COc1ccc(NC(=O)Nc2ccc(CN3CCN(c4ccccc4)CC3)cc2)cc1. The number of rotatable bonds is 6. The van der Waals surface area contributed by atoms with Crippen LogP contribution >= 0.6 is 0 Å². The first-order valence-corrected chi connectivity index (χ1v) is 10.5.